The normalized spacial score (nSPS) is 11.4. The molecule has 0 radical (unpaired) electrons. The highest BCUT2D eigenvalue weighted by Crippen LogP contribution is 2.29. The Kier molecular flexibility index (Phi) is 10.7. The summed E-state index contributed by atoms with van der Waals surface area (Å²) >= 11 is 0. The number of nitrogens with zero attached hydrogens (tertiary/aromatic N) is 6. The van der Waals surface area contributed by atoms with Gasteiger partial charge in [0.1, 0.15) is 12.2 Å². The Bertz CT molecular complexity index is 1900. The Morgan fingerprint density at radius 1 is 0.520 bits per heavy atom. The van der Waals surface area contributed by atoms with E-state index >= 15 is 0 Å². The van der Waals surface area contributed by atoms with Crippen LogP contribution in [0, 0.1) is 60.7 Å². The van der Waals surface area contributed by atoms with Crippen molar-refractivity contribution in [2.75, 3.05) is 6.61 Å². The summed E-state index contributed by atoms with van der Waals surface area (Å²) in [5, 5.41) is 67.7. The Hall–Kier alpha value is -7.53. The summed E-state index contributed by atoms with van der Waals surface area (Å²) in [6.07, 6.45) is -1.98. The van der Waals surface area contributed by atoms with Gasteiger partial charge in [-0.15, -0.1) is 0 Å². The zero-order valence-corrected chi connectivity index (χ0v) is 25.0. The minimum atomic E-state index is -2.19. The summed E-state index contributed by atoms with van der Waals surface area (Å²) in [5.74, 6) is -4.49. The molecule has 0 saturated heterocycles. The van der Waals surface area contributed by atoms with Gasteiger partial charge in [0.25, 0.3) is 34.1 Å². The zero-order valence-electron chi connectivity index (χ0n) is 25.0. The second kappa shape index (κ2) is 14.5. The first-order valence-corrected chi connectivity index (χ1v) is 13.1. The molecule has 0 saturated carbocycles. The Balaban J connectivity index is 2.04. The summed E-state index contributed by atoms with van der Waals surface area (Å²) in [7, 11) is 0. The van der Waals surface area contributed by atoms with Crippen molar-refractivity contribution < 1.29 is 58.1 Å². The molecular formula is C26H18N6O18. The maximum atomic E-state index is 13.2. The van der Waals surface area contributed by atoms with Crippen LogP contribution in [-0.4, -0.2) is 65.8 Å². The third kappa shape index (κ3) is 8.84. The topological polar surface area (TPSA) is 338 Å². The van der Waals surface area contributed by atoms with Gasteiger partial charge in [0.15, 0.2) is 6.10 Å². The minimum Gasteiger partial charge on any atom is -0.458 e. The first-order valence-electron chi connectivity index (χ1n) is 13.1. The molecule has 0 bridgehead atoms. The van der Waals surface area contributed by atoms with Crippen LogP contribution < -0.4 is 0 Å². The van der Waals surface area contributed by atoms with E-state index in [9.17, 15) is 75.1 Å². The van der Waals surface area contributed by atoms with E-state index < -0.39 is 117 Å². The van der Waals surface area contributed by atoms with Crippen LogP contribution in [0.2, 0.25) is 0 Å². The Morgan fingerprint density at radius 3 is 1.10 bits per heavy atom. The summed E-state index contributed by atoms with van der Waals surface area (Å²) in [5.41, 5.74) is -9.83. The van der Waals surface area contributed by atoms with Gasteiger partial charge in [-0.3, -0.25) is 60.7 Å². The molecule has 0 amide bonds. The maximum absolute atomic E-state index is 13.2. The van der Waals surface area contributed by atoms with Crippen LogP contribution in [0.5, 0.6) is 0 Å². The van der Waals surface area contributed by atoms with Crippen LogP contribution in [0.4, 0.5) is 34.1 Å². The lowest BCUT2D eigenvalue weighted by Gasteiger charge is -2.33. The lowest BCUT2D eigenvalue weighted by Crippen LogP contribution is -2.47. The van der Waals surface area contributed by atoms with Crippen molar-refractivity contribution in [3.8, 4) is 0 Å². The number of nitro groups is 6. The SMILES string of the molecule is CC(C)(OC(=O)c1cc([N+](=O)[O-])cc([N+](=O)[O-])c1)[C@@H](COC(=O)c1cc([N+](=O)[O-])cc([N+](=O)[O-])c1)OC(=O)c1cc([N+](=O)[O-])cc([N+](=O)[O-])c1. The highest BCUT2D eigenvalue weighted by atomic mass is 16.7. The van der Waals surface area contributed by atoms with Gasteiger partial charge in [-0.2, -0.15) is 0 Å². The Morgan fingerprint density at radius 2 is 0.800 bits per heavy atom. The summed E-state index contributed by atoms with van der Waals surface area (Å²) < 4.78 is 15.6. The summed E-state index contributed by atoms with van der Waals surface area (Å²) in [6, 6.07) is 5.23. The fourth-order valence-electron chi connectivity index (χ4n) is 3.94. The van der Waals surface area contributed by atoms with E-state index in [1.165, 1.54) is 0 Å². The molecule has 24 nitrogen and oxygen atoms in total. The molecular weight excluding hydrogens is 684 g/mol. The van der Waals surface area contributed by atoms with Gasteiger partial charge in [0.2, 0.25) is 0 Å². The van der Waals surface area contributed by atoms with E-state index in [2.05, 4.69) is 0 Å². The Labute approximate surface area is 274 Å². The largest absolute Gasteiger partial charge is 0.458 e. The van der Waals surface area contributed by atoms with Gasteiger partial charge in [-0.1, -0.05) is 0 Å². The van der Waals surface area contributed by atoms with Crippen molar-refractivity contribution in [2.24, 2.45) is 0 Å². The molecule has 3 aromatic rings. The molecule has 50 heavy (non-hydrogen) atoms. The van der Waals surface area contributed by atoms with Crippen molar-refractivity contribution in [3.63, 3.8) is 0 Å². The average Bonchev–Trinajstić information content (AvgIpc) is 3.05. The number of benzene rings is 3. The first kappa shape index (κ1) is 36.9. The van der Waals surface area contributed by atoms with Gasteiger partial charge in [0.05, 0.1) is 64.4 Å². The van der Waals surface area contributed by atoms with Gasteiger partial charge in [0, 0.05) is 36.4 Å². The predicted molar refractivity (Wildman–Crippen MR) is 158 cm³/mol. The molecule has 0 heterocycles. The molecule has 0 spiro atoms. The molecule has 3 rings (SSSR count). The smallest absolute Gasteiger partial charge is 0.339 e. The standard InChI is InChI=1S/C26H18N6O18/c1-26(2,50-25(35)15-7-20(31(44)45)11-21(8-15)32(46)47)22(49-24(34)14-5-18(29(40)41)10-19(6-14)30(42)43)12-48-23(33)13-3-16(27(36)37)9-17(4-13)28(38)39/h3-11,22H,12H2,1-2H3/t22-/m1/s1. The van der Waals surface area contributed by atoms with Crippen LogP contribution >= 0.6 is 0 Å². The zero-order chi connectivity index (χ0) is 37.7. The number of nitro benzene ring substituents is 6. The first-order chi connectivity index (χ1) is 23.2. The van der Waals surface area contributed by atoms with E-state index in [1.54, 1.807) is 0 Å². The molecule has 0 aliphatic heterocycles. The quantitative estimate of drug-likeness (QED) is 0.0984. The van der Waals surface area contributed by atoms with E-state index in [-0.39, 0.29) is 0 Å². The number of ether oxygens (including phenoxy) is 3. The molecule has 0 aliphatic rings. The van der Waals surface area contributed by atoms with Gasteiger partial charge >= 0.3 is 17.9 Å². The number of carbonyl (C=O) groups is 3. The molecule has 0 aliphatic carbocycles. The average molecular weight is 702 g/mol. The number of carbonyl (C=O) groups excluding carboxylic acids is 3. The van der Waals surface area contributed by atoms with Gasteiger partial charge < -0.3 is 14.2 Å². The van der Waals surface area contributed by atoms with Crippen LogP contribution in [-0.2, 0) is 14.2 Å². The molecule has 260 valence electrons. The number of hydrogen-bond donors (Lipinski definition) is 0. The van der Waals surface area contributed by atoms with E-state index in [1.807, 2.05) is 0 Å². The van der Waals surface area contributed by atoms with E-state index in [4.69, 9.17) is 14.2 Å². The molecule has 0 unspecified atom stereocenters. The lowest BCUT2D eigenvalue weighted by atomic mass is 10.0. The van der Waals surface area contributed by atoms with Gasteiger partial charge in [-0.05, 0) is 13.8 Å². The predicted octanol–water partition coefficient (Wildman–Crippen LogP) is 4.15. The fourth-order valence-corrected chi connectivity index (χ4v) is 3.94. The molecule has 0 fully saturated rings. The highest BCUT2D eigenvalue weighted by molar-refractivity contribution is 5.93. The van der Waals surface area contributed by atoms with E-state index in [0.29, 0.717) is 54.6 Å². The van der Waals surface area contributed by atoms with Crippen LogP contribution in [0.3, 0.4) is 0 Å². The van der Waals surface area contributed by atoms with Gasteiger partial charge in [-0.25, -0.2) is 14.4 Å². The van der Waals surface area contributed by atoms with Crippen LogP contribution in [0.1, 0.15) is 44.9 Å². The molecule has 3 aromatic carbocycles. The number of rotatable bonds is 14. The minimum absolute atomic E-state index is 0.526. The van der Waals surface area contributed by atoms with E-state index in [0.717, 1.165) is 13.8 Å². The number of hydrogen-bond acceptors (Lipinski definition) is 18. The lowest BCUT2D eigenvalue weighted by molar-refractivity contribution is -0.394. The van der Waals surface area contributed by atoms with Crippen molar-refractivity contribution in [1.82, 2.24) is 0 Å². The third-order valence-corrected chi connectivity index (χ3v) is 6.43. The highest BCUT2D eigenvalue weighted by Gasteiger charge is 2.40. The third-order valence-electron chi connectivity index (χ3n) is 6.43. The molecule has 24 heteroatoms. The second-order valence-electron chi connectivity index (χ2n) is 10.2. The molecule has 0 aromatic heterocycles. The van der Waals surface area contributed by atoms with Crippen molar-refractivity contribution >= 4 is 52.0 Å². The van der Waals surface area contributed by atoms with Crippen molar-refractivity contribution in [1.29, 1.82) is 0 Å². The van der Waals surface area contributed by atoms with Crippen molar-refractivity contribution in [3.05, 3.63) is 132 Å². The van der Waals surface area contributed by atoms with Crippen LogP contribution in [0.15, 0.2) is 54.6 Å². The summed E-state index contributed by atoms with van der Waals surface area (Å²) in [4.78, 5) is 100. The van der Waals surface area contributed by atoms with Crippen LogP contribution in [0.25, 0.3) is 0 Å². The fraction of sp³-hybridized carbons (Fsp3) is 0.192. The summed E-state index contributed by atoms with van der Waals surface area (Å²) in [6.45, 7) is 0.917. The molecule has 0 N–H and O–H groups in total. The van der Waals surface area contributed by atoms with Crippen molar-refractivity contribution in [2.45, 2.75) is 25.6 Å². The second-order valence-corrected chi connectivity index (χ2v) is 10.2. The maximum Gasteiger partial charge on any atom is 0.339 e. The number of non-ortho nitro benzene ring substituents is 6. The monoisotopic (exact) mass is 702 g/mol. The molecule has 1 atom stereocenters. The number of esters is 3.